The van der Waals surface area contributed by atoms with Crippen LogP contribution in [0.25, 0.3) is 0 Å². The van der Waals surface area contributed by atoms with E-state index in [4.69, 9.17) is 9.57 Å². The zero-order chi connectivity index (χ0) is 9.68. The largest absolute Gasteiger partial charge is 0.426 e. The molecule has 1 saturated heterocycles. The van der Waals surface area contributed by atoms with Crippen molar-refractivity contribution in [3.63, 3.8) is 0 Å². The van der Waals surface area contributed by atoms with Gasteiger partial charge in [0.25, 0.3) is 0 Å². The lowest BCUT2D eigenvalue weighted by Gasteiger charge is -2.25. The maximum atomic E-state index is 11.1. The number of hydroxylamine groups is 2. The highest BCUT2D eigenvalue weighted by molar-refractivity contribution is 5.67. The first-order valence-corrected chi connectivity index (χ1v) is 4.49. The van der Waals surface area contributed by atoms with Crippen LogP contribution < -0.4 is 5.32 Å². The predicted molar refractivity (Wildman–Crippen MR) is 47.1 cm³/mol. The average Bonchev–Trinajstić information content (AvgIpc) is 2.04. The van der Waals surface area contributed by atoms with E-state index in [1.165, 1.54) is 0 Å². The van der Waals surface area contributed by atoms with Crippen LogP contribution >= 0.6 is 0 Å². The van der Waals surface area contributed by atoms with E-state index in [2.05, 4.69) is 5.32 Å². The van der Waals surface area contributed by atoms with E-state index < -0.39 is 6.09 Å². The smallest absolute Gasteiger partial charge is 0.379 e. The molecule has 0 atom stereocenters. The van der Waals surface area contributed by atoms with Crippen molar-refractivity contribution in [3.8, 4) is 0 Å². The number of rotatable bonds is 2. The second-order valence-electron chi connectivity index (χ2n) is 3.22. The summed E-state index contributed by atoms with van der Waals surface area (Å²) in [4.78, 5) is 16.1. The molecule has 76 valence electrons. The molecule has 0 aromatic heterocycles. The van der Waals surface area contributed by atoms with E-state index in [1.54, 1.807) is 5.06 Å². The number of ether oxygens (including phenoxy) is 1. The zero-order valence-electron chi connectivity index (χ0n) is 8.08. The fourth-order valence-electron chi connectivity index (χ4n) is 1.02. The van der Waals surface area contributed by atoms with Crippen molar-refractivity contribution < 1.29 is 14.4 Å². The number of nitrogens with zero attached hydrogens (tertiary/aromatic N) is 1. The number of carbonyl (C=O) groups excluding carboxylic acids is 1. The van der Waals surface area contributed by atoms with Crippen molar-refractivity contribution >= 4 is 6.09 Å². The monoisotopic (exact) mass is 188 g/mol. The Balaban J connectivity index is 2.18. The Morgan fingerprint density at radius 2 is 2.08 bits per heavy atom. The standard InChI is InChI=1S/C8H16N2O3/c1-7(2)9-8(11)13-10-3-5-12-6-4-10/h7H,3-6H2,1-2H3,(H,9,11). The SMILES string of the molecule is CC(C)NC(=O)ON1CCOCC1. The van der Waals surface area contributed by atoms with Gasteiger partial charge >= 0.3 is 6.09 Å². The molecule has 0 bridgehead atoms. The summed E-state index contributed by atoms with van der Waals surface area (Å²) in [6.07, 6.45) is -0.392. The molecule has 1 heterocycles. The molecule has 1 fully saturated rings. The van der Waals surface area contributed by atoms with Crippen LogP contribution in [0.1, 0.15) is 13.8 Å². The van der Waals surface area contributed by atoms with Gasteiger partial charge in [-0.25, -0.2) is 4.79 Å². The van der Waals surface area contributed by atoms with Crippen LogP contribution in [-0.2, 0) is 9.57 Å². The molecule has 0 spiro atoms. The topological polar surface area (TPSA) is 50.8 Å². The van der Waals surface area contributed by atoms with Gasteiger partial charge in [-0.15, -0.1) is 5.06 Å². The molecule has 13 heavy (non-hydrogen) atoms. The quantitative estimate of drug-likeness (QED) is 0.680. The van der Waals surface area contributed by atoms with Crippen molar-refractivity contribution in [2.24, 2.45) is 0 Å². The highest BCUT2D eigenvalue weighted by Crippen LogP contribution is 1.97. The molecule has 0 aromatic rings. The summed E-state index contributed by atoms with van der Waals surface area (Å²) in [6, 6.07) is 0.105. The van der Waals surface area contributed by atoms with Crippen LogP contribution in [0.3, 0.4) is 0 Å². The van der Waals surface area contributed by atoms with Crippen LogP contribution in [0.15, 0.2) is 0 Å². The molecule has 1 aliphatic rings. The summed E-state index contributed by atoms with van der Waals surface area (Å²) in [6.45, 7) is 6.31. The normalized spacial score (nSPS) is 18.7. The van der Waals surface area contributed by atoms with E-state index in [0.29, 0.717) is 26.3 Å². The van der Waals surface area contributed by atoms with Crippen LogP contribution in [0.4, 0.5) is 4.79 Å². The van der Waals surface area contributed by atoms with Crippen molar-refractivity contribution in [1.29, 1.82) is 0 Å². The van der Waals surface area contributed by atoms with Gasteiger partial charge in [-0.1, -0.05) is 0 Å². The van der Waals surface area contributed by atoms with Gasteiger partial charge in [0.1, 0.15) is 0 Å². The molecule has 1 N–H and O–H groups in total. The summed E-state index contributed by atoms with van der Waals surface area (Å²) < 4.78 is 5.11. The number of morpholine rings is 1. The lowest BCUT2D eigenvalue weighted by atomic mass is 10.4. The Bertz CT molecular complexity index is 167. The third-order valence-electron chi connectivity index (χ3n) is 1.59. The van der Waals surface area contributed by atoms with Crippen molar-refractivity contribution in [1.82, 2.24) is 10.4 Å². The van der Waals surface area contributed by atoms with E-state index in [1.807, 2.05) is 13.8 Å². The third kappa shape index (κ3) is 4.10. The molecule has 0 aliphatic carbocycles. The fraction of sp³-hybridized carbons (Fsp3) is 0.875. The van der Waals surface area contributed by atoms with Gasteiger partial charge in [0, 0.05) is 6.04 Å². The first-order chi connectivity index (χ1) is 6.18. The van der Waals surface area contributed by atoms with Crippen LogP contribution in [0, 0.1) is 0 Å². The number of hydrogen-bond donors (Lipinski definition) is 1. The predicted octanol–water partition coefficient (Wildman–Crippen LogP) is 0.368. The summed E-state index contributed by atoms with van der Waals surface area (Å²) in [5.74, 6) is 0. The number of carbonyl (C=O) groups is 1. The molecule has 0 radical (unpaired) electrons. The third-order valence-corrected chi connectivity index (χ3v) is 1.59. The van der Waals surface area contributed by atoms with Crippen LogP contribution in [0.5, 0.6) is 0 Å². The summed E-state index contributed by atoms with van der Waals surface area (Å²) in [7, 11) is 0. The molecule has 0 saturated carbocycles. The van der Waals surface area contributed by atoms with E-state index in [9.17, 15) is 4.79 Å². The zero-order valence-corrected chi connectivity index (χ0v) is 8.08. The Labute approximate surface area is 77.9 Å². The molecule has 5 nitrogen and oxygen atoms in total. The molecule has 0 unspecified atom stereocenters. The minimum Gasteiger partial charge on any atom is -0.379 e. The summed E-state index contributed by atoms with van der Waals surface area (Å²) in [5.41, 5.74) is 0. The Morgan fingerprint density at radius 3 is 2.62 bits per heavy atom. The molecule has 5 heteroatoms. The van der Waals surface area contributed by atoms with E-state index in [0.717, 1.165) is 0 Å². The Kier molecular flexibility index (Phi) is 3.98. The van der Waals surface area contributed by atoms with Gasteiger partial charge in [0.05, 0.1) is 26.3 Å². The molecular formula is C8H16N2O3. The second-order valence-corrected chi connectivity index (χ2v) is 3.22. The average molecular weight is 188 g/mol. The van der Waals surface area contributed by atoms with Gasteiger partial charge in [0.15, 0.2) is 0 Å². The highest BCUT2D eigenvalue weighted by Gasteiger charge is 2.15. The maximum Gasteiger partial charge on any atom is 0.426 e. The first-order valence-electron chi connectivity index (χ1n) is 4.49. The van der Waals surface area contributed by atoms with Crippen molar-refractivity contribution in [2.75, 3.05) is 26.3 Å². The number of hydrogen-bond acceptors (Lipinski definition) is 4. The Morgan fingerprint density at radius 1 is 1.46 bits per heavy atom. The van der Waals surface area contributed by atoms with Gasteiger partial charge < -0.3 is 14.9 Å². The minimum absolute atomic E-state index is 0.105. The minimum atomic E-state index is -0.392. The van der Waals surface area contributed by atoms with Crippen molar-refractivity contribution in [2.45, 2.75) is 19.9 Å². The van der Waals surface area contributed by atoms with E-state index in [-0.39, 0.29) is 6.04 Å². The Hall–Kier alpha value is -0.810. The molecule has 1 rings (SSSR count). The molecule has 1 amide bonds. The van der Waals surface area contributed by atoms with E-state index >= 15 is 0 Å². The van der Waals surface area contributed by atoms with Gasteiger partial charge in [-0.2, -0.15) is 0 Å². The second kappa shape index (κ2) is 5.04. The van der Waals surface area contributed by atoms with Crippen LogP contribution in [0.2, 0.25) is 0 Å². The number of amides is 1. The maximum absolute atomic E-state index is 11.1. The van der Waals surface area contributed by atoms with Gasteiger partial charge in [-0.05, 0) is 13.8 Å². The first kappa shape index (κ1) is 10.3. The lowest BCUT2D eigenvalue weighted by molar-refractivity contribution is -0.146. The molecular weight excluding hydrogens is 172 g/mol. The van der Waals surface area contributed by atoms with Crippen molar-refractivity contribution in [3.05, 3.63) is 0 Å². The summed E-state index contributed by atoms with van der Waals surface area (Å²) >= 11 is 0. The summed E-state index contributed by atoms with van der Waals surface area (Å²) in [5, 5.41) is 4.26. The molecule has 0 aromatic carbocycles. The van der Waals surface area contributed by atoms with Crippen LogP contribution in [-0.4, -0.2) is 43.5 Å². The van der Waals surface area contributed by atoms with Gasteiger partial charge in [0.2, 0.25) is 0 Å². The fourth-order valence-corrected chi connectivity index (χ4v) is 1.02. The lowest BCUT2D eigenvalue weighted by Crippen LogP contribution is -2.42. The molecule has 1 aliphatic heterocycles. The highest BCUT2D eigenvalue weighted by atomic mass is 16.7. The van der Waals surface area contributed by atoms with Gasteiger partial charge in [-0.3, -0.25) is 0 Å². The number of nitrogens with one attached hydrogen (secondary N) is 1.